The van der Waals surface area contributed by atoms with Crippen LogP contribution in [-0.2, 0) is 13.6 Å². The molecule has 0 spiro atoms. The van der Waals surface area contributed by atoms with Crippen molar-refractivity contribution >= 4 is 11.5 Å². The molecule has 3 heterocycles. The fourth-order valence-corrected chi connectivity index (χ4v) is 4.19. The number of Topliss-reactive ketones (excluding diaryl/α,β-unsaturated/α-hetero) is 1. The molecule has 28 heavy (non-hydrogen) atoms. The van der Waals surface area contributed by atoms with Crippen LogP contribution in [-0.4, -0.2) is 32.8 Å². The van der Waals surface area contributed by atoms with Gasteiger partial charge in [0.15, 0.2) is 5.78 Å². The van der Waals surface area contributed by atoms with Crippen molar-refractivity contribution in [2.45, 2.75) is 18.5 Å². The maximum atomic E-state index is 13.5. The average molecular weight is 375 g/mol. The fourth-order valence-electron chi connectivity index (χ4n) is 4.19. The van der Waals surface area contributed by atoms with Crippen LogP contribution in [0.3, 0.4) is 0 Å². The number of halogens is 1. The molecule has 2 aliphatic rings. The molecule has 1 N–H and O–H groups in total. The van der Waals surface area contributed by atoms with E-state index in [2.05, 4.69) is 20.4 Å². The van der Waals surface area contributed by atoms with Crippen molar-refractivity contribution in [2.75, 3.05) is 6.54 Å². The first kappa shape index (κ1) is 16.9. The number of nitrogens with zero attached hydrogens (tertiary/aromatic N) is 4. The minimum absolute atomic E-state index is 0.0255. The highest BCUT2D eigenvalue weighted by molar-refractivity contribution is 6.18. The van der Waals surface area contributed by atoms with Gasteiger partial charge in [-0.15, -0.1) is 0 Å². The highest BCUT2D eigenvalue weighted by Gasteiger charge is 2.39. The van der Waals surface area contributed by atoms with E-state index in [1.54, 1.807) is 16.8 Å². The van der Waals surface area contributed by atoms with Gasteiger partial charge in [0.1, 0.15) is 24.5 Å². The van der Waals surface area contributed by atoms with Gasteiger partial charge in [0.05, 0.1) is 11.6 Å². The first-order chi connectivity index (χ1) is 13.6. The second-order valence-electron chi connectivity index (χ2n) is 7.09. The normalized spacial score (nSPS) is 21.1. The molecule has 2 atom stereocenters. The Morgan fingerprint density at radius 1 is 1.18 bits per heavy atom. The van der Waals surface area contributed by atoms with Crippen molar-refractivity contribution in [2.24, 2.45) is 12.0 Å². The fraction of sp³-hybridized carbons (Fsp3) is 0.238. The van der Waals surface area contributed by atoms with Gasteiger partial charge in [-0.05, 0) is 23.3 Å². The van der Waals surface area contributed by atoms with Gasteiger partial charge in [-0.25, -0.2) is 9.37 Å². The summed E-state index contributed by atoms with van der Waals surface area (Å²) in [5, 5.41) is 7.82. The van der Waals surface area contributed by atoms with Crippen LogP contribution < -0.4 is 5.32 Å². The molecule has 0 saturated heterocycles. The maximum Gasteiger partial charge on any atom is 0.184 e. The topological polar surface area (TPSA) is 72.2 Å². The highest BCUT2D eigenvalue weighted by atomic mass is 19.1. The Labute approximate surface area is 161 Å². The molecule has 3 aromatic rings. The zero-order valence-corrected chi connectivity index (χ0v) is 15.3. The van der Waals surface area contributed by atoms with Gasteiger partial charge in [-0.1, -0.05) is 30.3 Å². The Hall–Kier alpha value is -3.19. The standard InChI is InChI=1S/C21H18FN5O/c1-27-21(25-11-26-27)18-19(12-5-7-14(22)8-6-12)23-9-13-3-2-4-15-16(28)10-24-20(18)17(13)15/h2-8,11,18-19,23H,9-10H2,1H3. The number of carbonyl (C=O) groups excluding carboxylic acids is 1. The van der Waals surface area contributed by atoms with Crippen molar-refractivity contribution in [1.29, 1.82) is 0 Å². The van der Waals surface area contributed by atoms with Crippen molar-refractivity contribution in [3.8, 4) is 0 Å². The Bertz CT molecular complexity index is 1100. The summed E-state index contributed by atoms with van der Waals surface area (Å²) in [6.07, 6.45) is 1.52. The summed E-state index contributed by atoms with van der Waals surface area (Å²) in [5.41, 5.74) is 4.39. The average Bonchev–Trinajstić information content (AvgIpc) is 3.05. The van der Waals surface area contributed by atoms with E-state index in [4.69, 9.17) is 0 Å². The van der Waals surface area contributed by atoms with Crippen LogP contribution in [0, 0.1) is 5.82 Å². The number of benzene rings is 2. The van der Waals surface area contributed by atoms with Crippen LogP contribution in [0.2, 0.25) is 0 Å². The number of aromatic nitrogens is 3. The molecule has 0 amide bonds. The van der Waals surface area contributed by atoms with Gasteiger partial charge in [0.2, 0.25) is 0 Å². The molecule has 0 radical (unpaired) electrons. The molecule has 0 aliphatic carbocycles. The minimum Gasteiger partial charge on any atom is -0.305 e. The van der Waals surface area contributed by atoms with E-state index in [1.807, 2.05) is 25.2 Å². The lowest BCUT2D eigenvalue weighted by Crippen LogP contribution is -2.32. The summed E-state index contributed by atoms with van der Waals surface area (Å²) >= 11 is 0. The number of hydrogen-bond acceptors (Lipinski definition) is 5. The van der Waals surface area contributed by atoms with E-state index < -0.39 is 0 Å². The molecule has 0 fully saturated rings. The summed E-state index contributed by atoms with van der Waals surface area (Å²) in [4.78, 5) is 21.7. The molecule has 2 unspecified atom stereocenters. The molecule has 6 nitrogen and oxygen atoms in total. The van der Waals surface area contributed by atoms with Crippen molar-refractivity contribution in [1.82, 2.24) is 20.1 Å². The van der Waals surface area contributed by atoms with Crippen LogP contribution in [0.25, 0.3) is 0 Å². The van der Waals surface area contributed by atoms with E-state index in [9.17, 15) is 9.18 Å². The van der Waals surface area contributed by atoms with Crippen LogP contribution >= 0.6 is 0 Å². The number of aryl methyl sites for hydroxylation is 1. The predicted molar refractivity (Wildman–Crippen MR) is 102 cm³/mol. The molecular weight excluding hydrogens is 357 g/mol. The van der Waals surface area contributed by atoms with E-state index in [0.717, 1.165) is 28.2 Å². The van der Waals surface area contributed by atoms with E-state index in [0.29, 0.717) is 12.1 Å². The SMILES string of the molecule is Cn1ncnc1C1C2=NCC(=O)c3cccc(c32)CNC1c1ccc(F)cc1. The molecule has 5 rings (SSSR count). The zero-order valence-electron chi connectivity index (χ0n) is 15.3. The third kappa shape index (κ3) is 2.58. The Kier molecular flexibility index (Phi) is 3.91. The van der Waals surface area contributed by atoms with Crippen molar-refractivity contribution < 1.29 is 9.18 Å². The first-order valence-electron chi connectivity index (χ1n) is 9.16. The quantitative estimate of drug-likeness (QED) is 0.747. The van der Waals surface area contributed by atoms with Gasteiger partial charge in [0, 0.05) is 30.8 Å². The minimum atomic E-state index is -0.279. The lowest BCUT2D eigenvalue weighted by molar-refractivity contribution is 0.1000. The molecule has 7 heteroatoms. The second kappa shape index (κ2) is 6.45. The molecule has 0 bridgehead atoms. The predicted octanol–water partition coefficient (Wildman–Crippen LogP) is 2.57. The highest BCUT2D eigenvalue weighted by Crippen LogP contribution is 2.39. The van der Waals surface area contributed by atoms with E-state index in [1.165, 1.54) is 18.5 Å². The van der Waals surface area contributed by atoms with E-state index in [-0.39, 0.29) is 30.1 Å². The summed E-state index contributed by atoms with van der Waals surface area (Å²) in [6.45, 7) is 0.697. The van der Waals surface area contributed by atoms with Gasteiger partial charge in [-0.2, -0.15) is 5.10 Å². The van der Waals surface area contributed by atoms with Crippen LogP contribution in [0.15, 0.2) is 53.8 Å². The molecule has 1 aromatic heterocycles. The maximum absolute atomic E-state index is 13.5. The lowest BCUT2D eigenvalue weighted by Gasteiger charge is -2.28. The van der Waals surface area contributed by atoms with Gasteiger partial charge in [-0.3, -0.25) is 14.5 Å². The number of aliphatic imine (C=N–C) groups is 1. The molecule has 2 aromatic carbocycles. The lowest BCUT2D eigenvalue weighted by atomic mass is 9.82. The third-order valence-corrected chi connectivity index (χ3v) is 5.49. The Morgan fingerprint density at radius 3 is 2.75 bits per heavy atom. The largest absolute Gasteiger partial charge is 0.305 e. The van der Waals surface area contributed by atoms with Crippen LogP contribution in [0.4, 0.5) is 4.39 Å². The summed E-state index contributed by atoms with van der Waals surface area (Å²) in [5.74, 6) is 0.238. The molecule has 2 aliphatic heterocycles. The first-order valence-corrected chi connectivity index (χ1v) is 9.16. The number of rotatable bonds is 2. The van der Waals surface area contributed by atoms with Crippen molar-refractivity contribution in [3.05, 3.63) is 82.7 Å². The van der Waals surface area contributed by atoms with Crippen LogP contribution in [0.5, 0.6) is 0 Å². The zero-order chi connectivity index (χ0) is 19.3. The van der Waals surface area contributed by atoms with Crippen LogP contribution in [0.1, 0.15) is 44.8 Å². The van der Waals surface area contributed by atoms with Gasteiger partial charge in [0.25, 0.3) is 0 Å². The smallest absolute Gasteiger partial charge is 0.184 e. The summed E-state index contributed by atoms with van der Waals surface area (Å²) in [7, 11) is 1.84. The van der Waals surface area contributed by atoms with Crippen molar-refractivity contribution in [3.63, 3.8) is 0 Å². The Morgan fingerprint density at radius 2 is 2.00 bits per heavy atom. The number of nitrogens with one attached hydrogen (secondary N) is 1. The van der Waals surface area contributed by atoms with Gasteiger partial charge < -0.3 is 5.32 Å². The number of carbonyl (C=O) groups is 1. The summed E-state index contributed by atoms with van der Waals surface area (Å²) < 4.78 is 15.3. The molecule has 0 saturated carbocycles. The van der Waals surface area contributed by atoms with Gasteiger partial charge >= 0.3 is 0 Å². The number of ketones is 1. The van der Waals surface area contributed by atoms with E-state index >= 15 is 0 Å². The summed E-state index contributed by atoms with van der Waals surface area (Å²) in [6, 6.07) is 12.1. The second-order valence-corrected chi connectivity index (χ2v) is 7.09. The Balaban J connectivity index is 1.74. The monoisotopic (exact) mass is 375 g/mol. The molecule has 140 valence electrons. The molecular formula is C21H18FN5O. The number of hydrogen-bond donors (Lipinski definition) is 1. The third-order valence-electron chi connectivity index (χ3n) is 5.49.